The highest BCUT2D eigenvalue weighted by molar-refractivity contribution is 5.68. The summed E-state index contributed by atoms with van der Waals surface area (Å²) < 4.78 is 7.06. The van der Waals surface area contributed by atoms with Crippen molar-refractivity contribution in [3.05, 3.63) is 30.6 Å². The molecule has 128 valence electrons. The van der Waals surface area contributed by atoms with E-state index in [9.17, 15) is 4.79 Å². The normalized spacial score (nSPS) is 17.5. The Balaban J connectivity index is 1.66. The van der Waals surface area contributed by atoms with Crippen molar-refractivity contribution < 1.29 is 9.53 Å². The fourth-order valence-electron chi connectivity index (χ4n) is 2.90. The molecule has 0 spiro atoms. The maximum absolute atomic E-state index is 12.1. The van der Waals surface area contributed by atoms with Gasteiger partial charge in [-0.1, -0.05) is 6.58 Å². The number of rotatable bonds is 5. The van der Waals surface area contributed by atoms with Crippen LogP contribution in [0.25, 0.3) is 11.7 Å². The van der Waals surface area contributed by atoms with E-state index < -0.39 is 0 Å². The Morgan fingerprint density at radius 1 is 1.54 bits per heavy atom. The maximum atomic E-state index is 12.1. The minimum absolute atomic E-state index is 0.102. The lowest BCUT2D eigenvalue weighted by Crippen LogP contribution is -2.40. The van der Waals surface area contributed by atoms with Gasteiger partial charge in [0, 0.05) is 13.1 Å². The fraction of sp³-hybridized carbons (Fsp3) is 0.471. The second-order valence-electron chi connectivity index (χ2n) is 6.18. The van der Waals surface area contributed by atoms with Crippen molar-refractivity contribution in [2.45, 2.75) is 38.8 Å². The van der Waals surface area contributed by atoms with Crippen molar-refractivity contribution in [3.8, 4) is 0 Å². The molecule has 1 atom stereocenters. The van der Waals surface area contributed by atoms with Gasteiger partial charge < -0.3 is 15.0 Å². The number of aromatic nitrogens is 3. The number of fused-ring (bicyclic) bond motifs is 1. The Morgan fingerprint density at radius 3 is 3.12 bits per heavy atom. The van der Waals surface area contributed by atoms with Crippen molar-refractivity contribution in [1.82, 2.24) is 19.5 Å². The molecule has 1 fully saturated rings. The van der Waals surface area contributed by atoms with Gasteiger partial charge in [0.1, 0.15) is 5.82 Å². The first-order valence-electron chi connectivity index (χ1n) is 8.27. The Hall–Kier alpha value is -2.57. The zero-order chi connectivity index (χ0) is 17.1. The number of likely N-dealkylation sites (tertiary alicyclic amines) is 1. The highest BCUT2D eigenvalue weighted by Gasteiger charge is 2.30. The molecule has 1 saturated heterocycles. The van der Waals surface area contributed by atoms with Crippen LogP contribution in [-0.4, -0.2) is 50.8 Å². The van der Waals surface area contributed by atoms with E-state index in [4.69, 9.17) is 4.74 Å². The Bertz CT molecular complexity index is 740. The first-order chi connectivity index (χ1) is 11.6. The molecular weight excluding hydrogens is 306 g/mol. The predicted octanol–water partition coefficient (Wildman–Crippen LogP) is 2.79. The van der Waals surface area contributed by atoms with Gasteiger partial charge in [0.15, 0.2) is 5.65 Å². The molecule has 0 bridgehead atoms. The molecule has 0 aliphatic carbocycles. The third-order valence-corrected chi connectivity index (χ3v) is 4.06. The van der Waals surface area contributed by atoms with Crippen LogP contribution in [0.2, 0.25) is 0 Å². The van der Waals surface area contributed by atoms with E-state index in [1.54, 1.807) is 21.7 Å². The molecule has 3 heterocycles. The number of imidazole rings is 1. The summed E-state index contributed by atoms with van der Waals surface area (Å²) in [4.78, 5) is 18.2. The van der Waals surface area contributed by atoms with Gasteiger partial charge in [-0.15, -0.1) is 5.10 Å². The average molecular weight is 329 g/mol. The van der Waals surface area contributed by atoms with Crippen molar-refractivity contribution in [1.29, 1.82) is 0 Å². The highest BCUT2D eigenvalue weighted by Crippen LogP contribution is 2.19. The third-order valence-electron chi connectivity index (χ3n) is 4.06. The van der Waals surface area contributed by atoms with Crippen LogP contribution in [-0.2, 0) is 4.74 Å². The summed E-state index contributed by atoms with van der Waals surface area (Å²) in [5, 5.41) is 7.84. The molecule has 2 aromatic heterocycles. The summed E-state index contributed by atoms with van der Waals surface area (Å²) in [6.07, 6.45) is 5.08. The zero-order valence-corrected chi connectivity index (χ0v) is 14.1. The largest absolute Gasteiger partial charge is 0.447 e. The number of amides is 1. The summed E-state index contributed by atoms with van der Waals surface area (Å²) >= 11 is 0. The van der Waals surface area contributed by atoms with Gasteiger partial charge >= 0.3 is 6.09 Å². The van der Waals surface area contributed by atoms with E-state index in [2.05, 4.69) is 22.0 Å². The molecule has 0 aromatic carbocycles. The summed E-state index contributed by atoms with van der Waals surface area (Å²) in [6, 6.07) is 3.92. The van der Waals surface area contributed by atoms with Crippen LogP contribution in [0, 0.1) is 0 Å². The molecule has 1 aliphatic rings. The minimum Gasteiger partial charge on any atom is -0.447 e. The highest BCUT2D eigenvalue weighted by atomic mass is 16.6. The Kier molecular flexibility index (Phi) is 4.69. The quantitative estimate of drug-likeness (QED) is 0.913. The van der Waals surface area contributed by atoms with Crippen LogP contribution in [0.1, 0.15) is 32.4 Å². The summed E-state index contributed by atoms with van der Waals surface area (Å²) in [7, 11) is 0. The molecular formula is C17H23N5O2. The van der Waals surface area contributed by atoms with Crippen LogP contribution >= 0.6 is 0 Å². The number of nitrogens with zero attached hydrogens (tertiary/aromatic N) is 4. The minimum atomic E-state index is -0.235. The van der Waals surface area contributed by atoms with Crippen LogP contribution in [0.3, 0.4) is 0 Å². The van der Waals surface area contributed by atoms with Crippen molar-refractivity contribution >= 4 is 23.6 Å². The Morgan fingerprint density at radius 2 is 2.38 bits per heavy atom. The van der Waals surface area contributed by atoms with E-state index in [1.165, 1.54) is 0 Å². The van der Waals surface area contributed by atoms with Crippen LogP contribution in [0.15, 0.2) is 24.9 Å². The molecule has 0 saturated carbocycles. The molecule has 1 aliphatic heterocycles. The lowest BCUT2D eigenvalue weighted by molar-refractivity contribution is 0.0746. The molecule has 7 heteroatoms. The molecule has 24 heavy (non-hydrogen) atoms. The van der Waals surface area contributed by atoms with Gasteiger partial charge in [-0.25, -0.2) is 14.3 Å². The summed E-state index contributed by atoms with van der Waals surface area (Å²) in [6.45, 7) is 8.88. The standard InChI is InChI=1S/C17H23N5O2/c1-4-13-10-19-16-8-7-15(20-22(13)16)18-11-14-6-5-9-21(14)17(23)24-12(2)3/h4,7-8,10,12,14H,1,5-6,9,11H2,2-3H3,(H,18,20). The second-order valence-corrected chi connectivity index (χ2v) is 6.18. The average Bonchev–Trinajstić information content (AvgIpc) is 3.18. The zero-order valence-electron chi connectivity index (χ0n) is 14.1. The summed E-state index contributed by atoms with van der Waals surface area (Å²) in [5.41, 5.74) is 1.62. The van der Waals surface area contributed by atoms with Crippen molar-refractivity contribution in [2.24, 2.45) is 0 Å². The first-order valence-corrected chi connectivity index (χ1v) is 8.27. The van der Waals surface area contributed by atoms with Crippen molar-refractivity contribution in [2.75, 3.05) is 18.4 Å². The maximum Gasteiger partial charge on any atom is 0.410 e. The van der Waals surface area contributed by atoms with Crippen LogP contribution < -0.4 is 5.32 Å². The number of carbonyl (C=O) groups is 1. The molecule has 3 rings (SSSR count). The molecule has 2 aromatic rings. The number of nitrogens with one attached hydrogen (secondary N) is 1. The number of ether oxygens (including phenoxy) is 1. The molecule has 1 amide bonds. The first kappa shape index (κ1) is 16.3. The molecule has 7 nitrogen and oxygen atoms in total. The van der Waals surface area contributed by atoms with E-state index in [-0.39, 0.29) is 18.2 Å². The van der Waals surface area contributed by atoms with Gasteiger partial charge in [-0.05, 0) is 44.9 Å². The number of carbonyl (C=O) groups excluding carboxylic acids is 1. The van der Waals surface area contributed by atoms with Gasteiger partial charge in [-0.2, -0.15) is 0 Å². The van der Waals surface area contributed by atoms with Crippen LogP contribution in [0.4, 0.5) is 10.6 Å². The van der Waals surface area contributed by atoms with E-state index in [0.717, 1.165) is 36.5 Å². The molecule has 1 N–H and O–H groups in total. The number of anilines is 1. The number of hydrogen-bond donors (Lipinski definition) is 1. The van der Waals surface area contributed by atoms with Crippen LogP contribution in [0.5, 0.6) is 0 Å². The second kappa shape index (κ2) is 6.90. The van der Waals surface area contributed by atoms with E-state index in [0.29, 0.717) is 6.54 Å². The molecule has 0 radical (unpaired) electrons. The fourth-order valence-corrected chi connectivity index (χ4v) is 2.90. The predicted molar refractivity (Wildman–Crippen MR) is 92.9 cm³/mol. The Labute approximate surface area is 141 Å². The SMILES string of the molecule is C=Cc1cnc2ccc(NCC3CCCN3C(=O)OC(C)C)nn12. The van der Waals surface area contributed by atoms with Gasteiger partial charge in [0.25, 0.3) is 0 Å². The smallest absolute Gasteiger partial charge is 0.410 e. The van der Waals surface area contributed by atoms with Gasteiger partial charge in [0.05, 0.1) is 24.0 Å². The van der Waals surface area contributed by atoms with E-state index in [1.807, 2.05) is 26.0 Å². The third kappa shape index (κ3) is 3.34. The lowest BCUT2D eigenvalue weighted by Gasteiger charge is -2.25. The van der Waals surface area contributed by atoms with Crippen molar-refractivity contribution in [3.63, 3.8) is 0 Å². The summed E-state index contributed by atoms with van der Waals surface area (Å²) in [5.74, 6) is 0.743. The monoisotopic (exact) mass is 329 g/mol. The van der Waals surface area contributed by atoms with Gasteiger partial charge in [0.2, 0.25) is 0 Å². The van der Waals surface area contributed by atoms with Gasteiger partial charge in [-0.3, -0.25) is 0 Å². The number of hydrogen-bond acceptors (Lipinski definition) is 5. The topological polar surface area (TPSA) is 71.8 Å². The molecule has 1 unspecified atom stereocenters. The lowest BCUT2D eigenvalue weighted by atomic mass is 10.2. The van der Waals surface area contributed by atoms with E-state index >= 15 is 0 Å².